The van der Waals surface area contributed by atoms with Crippen LogP contribution in [0.15, 0.2) is 121 Å². The highest BCUT2D eigenvalue weighted by Crippen LogP contribution is 2.36. The van der Waals surface area contributed by atoms with Gasteiger partial charge in [-0.25, -0.2) is 0 Å². The van der Waals surface area contributed by atoms with Crippen LogP contribution in [0.4, 0.5) is 11.4 Å². The molecule has 0 aliphatic rings. The fourth-order valence-corrected chi connectivity index (χ4v) is 4.42. The SMILES string of the molecule is Cc1ccccc1-c1c(C)cccc1Nc1cccc(-c2cccc(-c3ccccc3)c2)c1. The van der Waals surface area contributed by atoms with Gasteiger partial charge in [0.25, 0.3) is 0 Å². The highest BCUT2D eigenvalue weighted by molar-refractivity contribution is 5.86. The summed E-state index contributed by atoms with van der Waals surface area (Å²) < 4.78 is 0. The van der Waals surface area contributed by atoms with Crippen molar-refractivity contribution in [1.29, 1.82) is 0 Å². The number of nitrogens with one attached hydrogen (secondary N) is 1. The lowest BCUT2D eigenvalue weighted by Gasteiger charge is -2.17. The van der Waals surface area contributed by atoms with Gasteiger partial charge in [-0.1, -0.05) is 97.1 Å². The Morgan fingerprint density at radius 1 is 0.455 bits per heavy atom. The summed E-state index contributed by atoms with van der Waals surface area (Å²) in [5, 5.41) is 3.70. The molecule has 0 fully saturated rings. The third-order valence-electron chi connectivity index (χ3n) is 6.13. The Bertz CT molecular complexity index is 1400. The topological polar surface area (TPSA) is 12.0 Å². The Balaban J connectivity index is 1.50. The number of hydrogen-bond donors (Lipinski definition) is 1. The number of benzene rings is 5. The molecule has 0 amide bonds. The third-order valence-corrected chi connectivity index (χ3v) is 6.13. The highest BCUT2D eigenvalue weighted by atomic mass is 14.9. The first-order valence-corrected chi connectivity index (χ1v) is 11.4. The smallest absolute Gasteiger partial charge is 0.0466 e. The summed E-state index contributed by atoms with van der Waals surface area (Å²) in [4.78, 5) is 0. The molecule has 5 rings (SSSR count). The maximum atomic E-state index is 3.70. The fraction of sp³-hybridized carbons (Fsp3) is 0.0625. The summed E-state index contributed by atoms with van der Waals surface area (Å²) in [6.45, 7) is 4.35. The van der Waals surface area contributed by atoms with Gasteiger partial charge < -0.3 is 5.32 Å². The Labute approximate surface area is 196 Å². The van der Waals surface area contributed by atoms with Gasteiger partial charge in [0.05, 0.1) is 0 Å². The van der Waals surface area contributed by atoms with E-state index in [0.29, 0.717) is 0 Å². The lowest BCUT2D eigenvalue weighted by Crippen LogP contribution is -1.97. The van der Waals surface area contributed by atoms with Gasteiger partial charge in [-0.3, -0.25) is 0 Å². The van der Waals surface area contributed by atoms with Gasteiger partial charge in [-0.2, -0.15) is 0 Å². The van der Waals surface area contributed by atoms with E-state index in [-0.39, 0.29) is 0 Å². The minimum atomic E-state index is 1.08. The van der Waals surface area contributed by atoms with Crippen LogP contribution < -0.4 is 5.32 Å². The molecule has 0 unspecified atom stereocenters. The lowest BCUT2D eigenvalue weighted by molar-refractivity contribution is 1.40. The molecule has 1 heteroatoms. The quantitative estimate of drug-likeness (QED) is 0.296. The lowest BCUT2D eigenvalue weighted by atomic mass is 9.94. The van der Waals surface area contributed by atoms with E-state index >= 15 is 0 Å². The monoisotopic (exact) mass is 425 g/mol. The molecule has 1 N–H and O–H groups in total. The summed E-state index contributed by atoms with van der Waals surface area (Å²) in [6, 6.07) is 43.0. The average Bonchev–Trinajstić information content (AvgIpc) is 2.86. The number of aryl methyl sites for hydroxylation is 2. The molecule has 0 saturated carbocycles. The minimum Gasteiger partial charge on any atom is -0.355 e. The second-order valence-electron chi connectivity index (χ2n) is 8.47. The van der Waals surface area contributed by atoms with E-state index in [2.05, 4.69) is 140 Å². The molecule has 0 spiro atoms. The van der Waals surface area contributed by atoms with Gasteiger partial charge in [-0.05, 0) is 77.1 Å². The van der Waals surface area contributed by atoms with Crippen LogP contribution in [0, 0.1) is 13.8 Å². The fourth-order valence-electron chi connectivity index (χ4n) is 4.42. The van der Waals surface area contributed by atoms with Gasteiger partial charge in [-0.15, -0.1) is 0 Å². The minimum absolute atomic E-state index is 1.08. The van der Waals surface area contributed by atoms with E-state index in [1.807, 2.05) is 0 Å². The van der Waals surface area contributed by atoms with E-state index in [4.69, 9.17) is 0 Å². The largest absolute Gasteiger partial charge is 0.355 e. The van der Waals surface area contributed by atoms with Crippen molar-refractivity contribution in [3.05, 3.63) is 132 Å². The van der Waals surface area contributed by atoms with Gasteiger partial charge in [0, 0.05) is 16.9 Å². The molecule has 0 saturated heterocycles. The zero-order valence-electron chi connectivity index (χ0n) is 19.0. The van der Waals surface area contributed by atoms with Crippen LogP contribution in [0.3, 0.4) is 0 Å². The van der Waals surface area contributed by atoms with E-state index in [9.17, 15) is 0 Å². The zero-order valence-corrected chi connectivity index (χ0v) is 19.0. The third kappa shape index (κ3) is 4.44. The Hall–Kier alpha value is -4.10. The molecule has 0 bridgehead atoms. The molecule has 0 aliphatic carbocycles. The summed E-state index contributed by atoms with van der Waals surface area (Å²) in [5.74, 6) is 0. The number of anilines is 2. The Kier molecular flexibility index (Phi) is 5.78. The van der Waals surface area contributed by atoms with Crippen LogP contribution >= 0.6 is 0 Å². The van der Waals surface area contributed by atoms with Gasteiger partial charge >= 0.3 is 0 Å². The molecule has 5 aromatic carbocycles. The second kappa shape index (κ2) is 9.18. The first-order chi connectivity index (χ1) is 16.2. The summed E-state index contributed by atoms with van der Waals surface area (Å²) >= 11 is 0. The molecular weight excluding hydrogens is 398 g/mol. The van der Waals surface area contributed by atoms with Crippen LogP contribution in [0.2, 0.25) is 0 Å². The van der Waals surface area contributed by atoms with Crippen molar-refractivity contribution in [2.24, 2.45) is 0 Å². The van der Waals surface area contributed by atoms with Crippen molar-refractivity contribution in [2.75, 3.05) is 5.32 Å². The van der Waals surface area contributed by atoms with E-state index < -0.39 is 0 Å². The number of hydrogen-bond acceptors (Lipinski definition) is 1. The van der Waals surface area contributed by atoms with Crippen molar-refractivity contribution in [2.45, 2.75) is 13.8 Å². The number of rotatable bonds is 5. The molecule has 0 heterocycles. The summed E-state index contributed by atoms with van der Waals surface area (Å²) in [6.07, 6.45) is 0. The van der Waals surface area contributed by atoms with E-state index in [1.165, 1.54) is 44.5 Å². The maximum Gasteiger partial charge on any atom is 0.0466 e. The first kappa shape index (κ1) is 20.8. The van der Waals surface area contributed by atoms with Crippen molar-refractivity contribution in [3.8, 4) is 33.4 Å². The van der Waals surface area contributed by atoms with E-state index in [0.717, 1.165) is 11.4 Å². The van der Waals surface area contributed by atoms with Crippen LogP contribution in [0.5, 0.6) is 0 Å². The highest BCUT2D eigenvalue weighted by Gasteiger charge is 2.11. The van der Waals surface area contributed by atoms with Crippen molar-refractivity contribution in [1.82, 2.24) is 0 Å². The first-order valence-electron chi connectivity index (χ1n) is 11.4. The van der Waals surface area contributed by atoms with Gasteiger partial charge in [0.2, 0.25) is 0 Å². The standard InChI is InChI=1S/C32H27N/c1-23-11-6-7-19-30(23)32-24(2)12-8-20-31(32)33-29-18-10-17-28(22-29)27-16-9-15-26(21-27)25-13-4-3-5-14-25/h3-22,33H,1-2H3. The molecular formula is C32H27N. The van der Waals surface area contributed by atoms with Gasteiger partial charge in [0.15, 0.2) is 0 Å². The van der Waals surface area contributed by atoms with E-state index in [1.54, 1.807) is 0 Å². The molecule has 160 valence electrons. The molecule has 1 nitrogen and oxygen atoms in total. The maximum absolute atomic E-state index is 3.70. The Morgan fingerprint density at radius 3 is 1.82 bits per heavy atom. The molecule has 0 atom stereocenters. The summed E-state index contributed by atoms with van der Waals surface area (Å²) in [5.41, 5.74) is 12.1. The molecule has 0 radical (unpaired) electrons. The van der Waals surface area contributed by atoms with Crippen molar-refractivity contribution >= 4 is 11.4 Å². The normalized spacial score (nSPS) is 10.7. The van der Waals surface area contributed by atoms with Crippen LogP contribution in [-0.4, -0.2) is 0 Å². The van der Waals surface area contributed by atoms with Crippen molar-refractivity contribution in [3.63, 3.8) is 0 Å². The Morgan fingerprint density at radius 2 is 1.03 bits per heavy atom. The molecule has 0 aromatic heterocycles. The van der Waals surface area contributed by atoms with Crippen LogP contribution in [-0.2, 0) is 0 Å². The molecule has 0 aliphatic heterocycles. The van der Waals surface area contributed by atoms with Crippen LogP contribution in [0.25, 0.3) is 33.4 Å². The predicted molar refractivity (Wildman–Crippen MR) is 142 cm³/mol. The molecule has 5 aromatic rings. The predicted octanol–water partition coefficient (Wildman–Crippen LogP) is 9.05. The van der Waals surface area contributed by atoms with Crippen LogP contribution in [0.1, 0.15) is 11.1 Å². The zero-order chi connectivity index (χ0) is 22.6. The summed E-state index contributed by atoms with van der Waals surface area (Å²) in [7, 11) is 0. The molecule has 33 heavy (non-hydrogen) atoms. The van der Waals surface area contributed by atoms with Crippen molar-refractivity contribution < 1.29 is 0 Å². The second-order valence-corrected chi connectivity index (χ2v) is 8.47. The average molecular weight is 426 g/mol. The van der Waals surface area contributed by atoms with Gasteiger partial charge in [0.1, 0.15) is 0 Å².